The van der Waals surface area contributed by atoms with Crippen LogP contribution in [0.2, 0.25) is 15.1 Å². The second kappa shape index (κ2) is 10.8. The molecule has 0 bridgehead atoms. The lowest BCUT2D eigenvalue weighted by molar-refractivity contribution is -0.117. The smallest absolute Gasteiger partial charge is 0.269 e. The highest BCUT2D eigenvalue weighted by molar-refractivity contribution is 6.44. The Kier molecular flexibility index (Phi) is 7.28. The molecule has 2 amide bonds. The number of oxazole rings is 1. The molecule has 38 heavy (non-hydrogen) atoms. The van der Waals surface area contributed by atoms with Crippen LogP contribution in [-0.4, -0.2) is 33.7 Å². The minimum Gasteiger partial charge on any atom is -0.469 e. The maximum Gasteiger partial charge on any atom is 0.269 e. The second-order valence-electron chi connectivity index (χ2n) is 7.90. The lowest BCUT2D eigenvalue weighted by Gasteiger charge is -2.15. The van der Waals surface area contributed by atoms with E-state index in [0.29, 0.717) is 27.6 Å². The van der Waals surface area contributed by atoms with E-state index in [4.69, 9.17) is 44.0 Å². The van der Waals surface area contributed by atoms with E-state index in [9.17, 15) is 14.0 Å². The number of benzene rings is 2. The normalized spacial score (nSPS) is 14.7. The fourth-order valence-corrected chi connectivity index (χ4v) is 4.68. The number of aliphatic imine (C=N–C) groups is 1. The van der Waals surface area contributed by atoms with Crippen LogP contribution >= 0.6 is 34.8 Å². The lowest BCUT2D eigenvalue weighted by Crippen LogP contribution is -2.42. The number of anilines is 1. The van der Waals surface area contributed by atoms with Crippen LogP contribution in [0.3, 0.4) is 0 Å². The zero-order valence-corrected chi connectivity index (χ0v) is 21.3. The largest absolute Gasteiger partial charge is 0.469 e. The van der Waals surface area contributed by atoms with Crippen LogP contribution in [0.15, 0.2) is 70.7 Å². The van der Waals surface area contributed by atoms with Crippen molar-refractivity contribution in [2.75, 3.05) is 5.32 Å². The van der Waals surface area contributed by atoms with Gasteiger partial charge in [-0.1, -0.05) is 53.0 Å². The van der Waals surface area contributed by atoms with Crippen molar-refractivity contribution < 1.29 is 23.1 Å². The van der Waals surface area contributed by atoms with E-state index < -0.39 is 23.8 Å². The average molecular weight is 575 g/mol. The highest BCUT2D eigenvalue weighted by Crippen LogP contribution is 2.34. The number of halogens is 4. The lowest BCUT2D eigenvalue weighted by atomic mass is 10.0. The van der Waals surface area contributed by atoms with Crippen LogP contribution in [-0.2, 0) is 11.4 Å². The summed E-state index contributed by atoms with van der Waals surface area (Å²) in [4.78, 5) is 38.5. The molecular weight excluding hydrogens is 560 g/mol. The van der Waals surface area contributed by atoms with Gasteiger partial charge in [-0.25, -0.2) is 19.4 Å². The molecule has 192 valence electrons. The number of fused-ring (bicyclic) bond motifs is 1. The molecule has 9 nitrogen and oxygen atoms in total. The van der Waals surface area contributed by atoms with Gasteiger partial charge in [-0.2, -0.15) is 0 Å². The first-order valence-corrected chi connectivity index (χ1v) is 12.0. The minimum absolute atomic E-state index is 0.117. The highest BCUT2D eigenvalue weighted by Gasteiger charge is 2.30. The summed E-state index contributed by atoms with van der Waals surface area (Å²) in [5, 5.41) is 5.91. The van der Waals surface area contributed by atoms with E-state index in [2.05, 4.69) is 25.6 Å². The van der Waals surface area contributed by atoms with Crippen molar-refractivity contribution in [1.29, 1.82) is 0 Å². The van der Waals surface area contributed by atoms with Crippen molar-refractivity contribution >= 4 is 58.0 Å². The molecule has 5 rings (SSSR count). The van der Waals surface area contributed by atoms with Crippen molar-refractivity contribution in [3.8, 4) is 5.88 Å². The quantitative estimate of drug-likeness (QED) is 0.323. The molecule has 0 saturated heterocycles. The van der Waals surface area contributed by atoms with Crippen molar-refractivity contribution in [2.24, 2.45) is 4.99 Å². The number of amides is 2. The maximum absolute atomic E-state index is 14.1. The van der Waals surface area contributed by atoms with Crippen LogP contribution in [0.4, 0.5) is 10.1 Å². The zero-order chi connectivity index (χ0) is 26.8. The average Bonchev–Trinajstić information content (AvgIpc) is 3.36. The summed E-state index contributed by atoms with van der Waals surface area (Å²) in [6, 6.07) is 10.7. The predicted octanol–water partition coefficient (Wildman–Crippen LogP) is 5.29. The molecule has 0 radical (unpaired) electrons. The number of hydrogen-bond donors (Lipinski definition) is 2. The van der Waals surface area contributed by atoms with Gasteiger partial charge >= 0.3 is 0 Å². The van der Waals surface area contributed by atoms with Crippen LogP contribution in [0.25, 0.3) is 0 Å². The molecule has 0 aliphatic carbocycles. The Bertz CT molecular complexity index is 1560. The Morgan fingerprint density at radius 3 is 2.63 bits per heavy atom. The molecule has 4 aromatic rings. The molecule has 1 aliphatic heterocycles. The third-order valence-electron chi connectivity index (χ3n) is 5.36. The number of rotatable bonds is 6. The number of benzodiazepines with no additional fused rings is 1. The summed E-state index contributed by atoms with van der Waals surface area (Å²) in [6.07, 6.45) is 2.06. The highest BCUT2D eigenvalue weighted by atomic mass is 35.5. The molecule has 2 aromatic heterocycles. The van der Waals surface area contributed by atoms with Crippen LogP contribution < -0.4 is 15.4 Å². The Hall–Kier alpha value is -3.99. The van der Waals surface area contributed by atoms with Crippen LogP contribution in [0.1, 0.15) is 27.2 Å². The summed E-state index contributed by atoms with van der Waals surface area (Å²) in [6.45, 7) is -0.117. The first-order valence-electron chi connectivity index (χ1n) is 10.9. The monoisotopic (exact) mass is 573 g/mol. The number of nitrogens with one attached hydrogen (secondary N) is 2. The topological polar surface area (TPSA) is 119 Å². The van der Waals surface area contributed by atoms with E-state index >= 15 is 0 Å². The third kappa shape index (κ3) is 5.33. The summed E-state index contributed by atoms with van der Waals surface area (Å²) in [5.74, 6) is -2.15. The van der Waals surface area contributed by atoms with Gasteiger partial charge in [0.05, 0.1) is 33.8 Å². The second-order valence-corrected chi connectivity index (χ2v) is 9.15. The molecule has 0 spiro atoms. The first kappa shape index (κ1) is 25.7. The number of hydrogen-bond acceptors (Lipinski definition) is 7. The number of carbonyl (C=O) groups excluding carboxylic acids is 2. The molecule has 1 unspecified atom stereocenters. The van der Waals surface area contributed by atoms with Gasteiger partial charge in [-0.05, 0) is 24.3 Å². The van der Waals surface area contributed by atoms with Crippen molar-refractivity contribution in [3.05, 3.63) is 105 Å². The van der Waals surface area contributed by atoms with E-state index in [1.807, 2.05) is 0 Å². The number of carbonyl (C=O) groups is 2. The molecule has 0 saturated carbocycles. The number of ether oxygens (including phenoxy) is 1. The van der Waals surface area contributed by atoms with Gasteiger partial charge in [-0.15, -0.1) is 0 Å². The summed E-state index contributed by atoms with van der Waals surface area (Å²) < 4.78 is 24.7. The molecule has 3 heterocycles. The molecule has 1 atom stereocenters. The first-order chi connectivity index (χ1) is 18.3. The minimum atomic E-state index is -1.46. The SMILES string of the molecule is O=C(NC1N=C(c2c(Cl)cc(Cl)cc2Cl)c2ccccc2NC1=O)c1cc(F)cnc1OCc1cnco1. The Balaban J connectivity index is 1.52. The molecule has 13 heteroatoms. The summed E-state index contributed by atoms with van der Waals surface area (Å²) in [5.41, 5.74) is 1.20. The van der Waals surface area contributed by atoms with Gasteiger partial charge in [0.25, 0.3) is 11.8 Å². The Morgan fingerprint density at radius 1 is 1.13 bits per heavy atom. The number of nitrogens with zero attached hydrogens (tertiary/aromatic N) is 3. The van der Waals surface area contributed by atoms with Crippen LogP contribution in [0, 0.1) is 5.82 Å². The van der Waals surface area contributed by atoms with E-state index in [-0.39, 0.29) is 33.8 Å². The van der Waals surface area contributed by atoms with Gasteiger partial charge in [0.15, 0.2) is 12.2 Å². The third-order valence-corrected chi connectivity index (χ3v) is 6.17. The molecular formula is C25H15Cl3FN5O4. The standard InChI is InChI=1S/C25H15Cl3FN5O4/c26-12-5-17(27)20(18(28)6-12)21-15-3-1-2-4-19(15)32-24(36)22(33-21)34-23(35)16-7-13(29)8-31-25(16)37-10-14-9-30-11-38-14/h1-9,11,22H,10H2,(H,32,36)(H,34,35). The van der Waals surface area contributed by atoms with Gasteiger partial charge in [0, 0.05) is 16.1 Å². The fourth-order valence-electron chi connectivity index (χ4n) is 3.68. The summed E-state index contributed by atoms with van der Waals surface area (Å²) >= 11 is 19.0. The maximum atomic E-state index is 14.1. The van der Waals surface area contributed by atoms with E-state index in [0.717, 1.165) is 12.3 Å². The Morgan fingerprint density at radius 2 is 1.89 bits per heavy atom. The van der Waals surface area contributed by atoms with Gasteiger partial charge in [-0.3, -0.25) is 9.59 Å². The van der Waals surface area contributed by atoms with Gasteiger partial charge < -0.3 is 19.8 Å². The predicted molar refractivity (Wildman–Crippen MR) is 138 cm³/mol. The van der Waals surface area contributed by atoms with Crippen molar-refractivity contribution in [1.82, 2.24) is 15.3 Å². The van der Waals surface area contributed by atoms with E-state index in [1.165, 1.54) is 24.7 Å². The van der Waals surface area contributed by atoms with Crippen molar-refractivity contribution in [2.45, 2.75) is 12.8 Å². The van der Waals surface area contributed by atoms with E-state index in [1.54, 1.807) is 24.3 Å². The van der Waals surface area contributed by atoms with Gasteiger partial charge in [0.1, 0.15) is 18.0 Å². The molecule has 0 fully saturated rings. The fraction of sp³-hybridized carbons (Fsp3) is 0.0800. The zero-order valence-electron chi connectivity index (χ0n) is 19.0. The molecule has 1 aliphatic rings. The van der Waals surface area contributed by atoms with Crippen molar-refractivity contribution in [3.63, 3.8) is 0 Å². The van der Waals surface area contributed by atoms with Gasteiger partial charge in [0.2, 0.25) is 12.0 Å². The molecule has 2 aromatic carbocycles. The summed E-state index contributed by atoms with van der Waals surface area (Å²) in [7, 11) is 0. The number of para-hydroxylation sites is 1. The molecule has 2 N–H and O–H groups in total. The number of pyridine rings is 1. The Labute approximate surface area is 229 Å². The number of aromatic nitrogens is 2. The van der Waals surface area contributed by atoms with Crippen LogP contribution in [0.5, 0.6) is 5.88 Å².